The second-order valence-corrected chi connectivity index (χ2v) is 8.61. The number of rotatable bonds is 8. The fraction of sp³-hybridized carbons (Fsp3) is 0.348. The third-order valence-electron chi connectivity index (χ3n) is 5.27. The van der Waals surface area contributed by atoms with Crippen molar-refractivity contribution in [3.8, 4) is 11.4 Å². The van der Waals surface area contributed by atoms with Crippen molar-refractivity contribution in [1.82, 2.24) is 19.7 Å². The average molecular weight is 423 g/mol. The summed E-state index contributed by atoms with van der Waals surface area (Å²) in [5.41, 5.74) is 4.52. The minimum Gasteiger partial charge on any atom is -0.497 e. The molecule has 0 atom stereocenters. The molecule has 1 amide bonds. The van der Waals surface area contributed by atoms with E-state index in [-0.39, 0.29) is 5.91 Å². The van der Waals surface area contributed by atoms with Crippen LogP contribution >= 0.6 is 11.8 Å². The lowest BCUT2D eigenvalue weighted by molar-refractivity contribution is -0.129. The van der Waals surface area contributed by atoms with Gasteiger partial charge in [0.25, 0.3) is 0 Å². The highest BCUT2D eigenvalue weighted by Gasteiger charge is 2.32. The fourth-order valence-electron chi connectivity index (χ4n) is 3.51. The first kappa shape index (κ1) is 20.5. The van der Waals surface area contributed by atoms with Crippen molar-refractivity contribution >= 4 is 17.7 Å². The first-order valence-corrected chi connectivity index (χ1v) is 11.1. The molecule has 4 rings (SSSR count). The summed E-state index contributed by atoms with van der Waals surface area (Å²) in [4.78, 5) is 15.0. The molecule has 0 radical (unpaired) electrons. The molecule has 0 bridgehead atoms. The van der Waals surface area contributed by atoms with Crippen LogP contribution in [0.4, 0.5) is 0 Å². The number of benzene rings is 2. The van der Waals surface area contributed by atoms with E-state index in [9.17, 15) is 4.79 Å². The standard InChI is InChI=1S/C23H26N4O2S/c1-16-4-11-21(17(2)12-16)27-15-24-25-23(27)30-14-22(28)26(19-7-8-19)13-18-5-9-20(29-3)10-6-18/h4-6,9-12,15,19H,7-8,13-14H2,1-3H3. The average Bonchev–Trinajstić information content (AvgIpc) is 3.48. The SMILES string of the molecule is COc1ccc(CN(C(=O)CSc2nncn2-c2ccc(C)cc2C)C2CC2)cc1. The van der Waals surface area contributed by atoms with Crippen LogP contribution < -0.4 is 4.74 Å². The van der Waals surface area contributed by atoms with E-state index in [1.165, 1.54) is 17.3 Å². The van der Waals surface area contributed by atoms with Crippen molar-refractivity contribution in [3.05, 3.63) is 65.5 Å². The van der Waals surface area contributed by atoms with Gasteiger partial charge in [0.05, 0.1) is 18.6 Å². The van der Waals surface area contributed by atoms with Gasteiger partial charge in [0.15, 0.2) is 5.16 Å². The van der Waals surface area contributed by atoms with E-state index >= 15 is 0 Å². The number of carbonyl (C=O) groups is 1. The molecule has 1 saturated carbocycles. The molecule has 3 aromatic rings. The predicted molar refractivity (Wildman–Crippen MR) is 118 cm³/mol. The number of ether oxygens (including phenoxy) is 1. The Balaban J connectivity index is 1.44. The molecule has 156 valence electrons. The predicted octanol–water partition coefficient (Wildman–Crippen LogP) is 4.18. The van der Waals surface area contributed by atoms with Gasteiger partial charge >= 0.3 is 0 Å². The van der Waals surface area contributed by atoms with Gasteiger partial charge in [-0.2, -0.15) is 0 Å². The van der Waals surface area contributed by atoms with Crippen molar-refractivity contribution < 1.29 is 9.53 Å². The highest BCUT2D eigenvalue weighted by Crippen LogP contribution is 2.30. The molecule has 1 aromatic heterocycles. The Hall–Kier alpha value is -2.80. The smallest absolute Gasteiger partial charge is 0.233 e. The molecular formula is C23H26N4O2S. The van der Waals surface area contributed by atoms with Crippen molar-refractivity contribution in [1.29, 1.82) is 0 Å². The van der Waals surface area contributed by atoms with Gasteiger partial charge in [-0.05, 0) is 56.0 Å². The Morgan fingerprint density at radius 2 is 1.97 bits per heavy atom. The van der Waals surface area contributed by atoms with Gasteiger partial charge in [-0.25, -0.2) is 0 Å². The highest BCUT2D eigenvalue weighted by atomic mass is 32.2. The fourth-order valence-corrected chi connectivity index (χ4v) is 4.32. The van der Waals surface area contributed by atoms with Crippen LogP contribution in [0.25, 0.3) is 5.69 Å². The van der Waals surface area contributed by atoms with Crippen LogP contribution in [0.2, 0.25) is 0 Å². The minimum atomic E-state index is 0.133. The molecule has 1 aliphatic carbocycles. The van der Waals surface area contributed by atoms with E-state index in [2.05, 4.69) is 42.2 Å². The van der Waals surface area contributed by atoms with Gasteiger partial charge in [0, 0.05) is 12.6 Å². The summed E-state index contributed by atoms with van der Waals surface area (Å²) in [5.74, 6) is 1.30. The van der Waals surface area contributed by atoms with Crippen molar-refractivity contribution in [3.63, 3.8) is 0 Å². The number of hydrogen-bond donors (Lipinski definition) is 0. The second kappa shape index (κ2) is 8.92. The van der Waals surface area contributed by atoms with E-state index < -0.39 is 0 Å². The lowest BCUT2D eigenvalue weighted by Gasteiger charge is -2.22. The highest BCUT2D eigenvalue weighted by molar-refractivity contribution is 7.99. The quantitative estimate of drug-likeness (QED) is 0.510. The van der Waals surface area contributed by atoms with E-state index in [1.54, 1.807) is 13.4 Å². The van der Waals surface area contributed by atoms with Crippen LogP contribution in [0.3, 0.4) is 0 Å². The topological polar surface area (TPSA) is 60.2 Å². The summed E-state index contributed by atoms with van der Waals surface area (Å²) in [6.45, 7) is 4.77. The summed E-state index contributed by atoms with van der Waals surface area (Å²) in [7, 11) is 1.66. The summed E-state index contributed by atoms with van der Waals surface area (Å²) < 4.78 is 7.18. The molecule has 30 heavy (non-hydrogen) atoms. The molecule has 0 spiro atoms. The van der Waals surface area contributed by atoms with Crippen LogP contribution in [0.1, 0.15) is 29.5 Å². The van der Waals surface area contributed by atoms with Gasteiger partial charge in [0.1, 0.15) is 12.1 Å². The number of methoxy groups -OCH3 is 1. The van der Waals surface area contributed by atoms with Crippen molar-refractivity contribution in [2.24, 2.45) is 0 Å². The van der Waals surface area contributed by atoms with Crippen LogP contribution in [0.5, 0.6) is 5.75 Å². The normalized spacial score (nSPS) is 13.3. The molecule has 0 unspecified atom stereocenters. The van der Waals surface area contributed by atoms with Gasteiger partial charge in [-0.15, -0.1) is 10.2 Å². The number of nitrogens with zero attached hydrogens (tertiary/aromatic N) is 4. The number of thioether (sulfide) groups is 1. The minimum absolute atomic E-state index is 0.133. The third kappa shape index (κ3) is 4.67. The Morgan fingerprint density at radius 1 is 1.20 bits per heavy atom. The van der Waals surface area contributed by atoms with Gasteiger partial charge in [-0.1, -0.05) is 41.6 Å². The lowest BCUT2D eigenvalue weighted by atomic mass is 10.1. The molecule has 0 N–H and O–H groups in total. The first-order valence-electron chi connectivity index (χ1n) is 10.1. The Morgan fingerprint density at radius 3 is 2.63 bits per heavy atom. The first-order chi connectivity index (χ1) is 14.5. The monoisotopic (exact) mass is 422 g/mol. The molecule has 1 fully saturated rings. The van der Waals surface area contributed by atoms with Crippen molar-refractivity contribution in [2.75, 3.05) is 12.9 Å². The molecule has 6 nitrogen and oxygen atoms in total. The maximum Gasteiger partial charge on any atom is 0.233 e. The van der Waals surface area contributed by atoms with E-state index in [4.69, 9.17) is 4.74 Å². The van der Waals surface area contributed by atoms with Crippen LogP contribution in [-0.2, 0) is 11.3 Å². The number of hydrogen-bond acceptors (Lipinski definition) is 5. The third-order valence-corrected chi connectivity index (χ3v) is 6.20. The summed E-state index contributed by atoms with van der Waals surface area (Å²) in [6, 6.07) is 14.5. The van der Waals surface area contributed by atoms with E-state index in [0.29, 0.717) is 18.3 Å². The van der Waals surface area contributed by atoms with Gasteiger partial charge < -0.3 is 9.64 Å². The van der Waals surface area contributed by atoms with Crippen LogP contribution in [0, 0.1) is 13.8 Å². The van der Waals surface area contributed by atoms with Gasteiger partial charge in [0.2, 0.25) is 5.91 Å². The largest absolute Gasteiger partial charge is 0.497 e. The number of carbonyl (C=O) groups excluding carboxylic acids is 1. The summed E-state index contributed by atoms with van der Waals surface area (Å²) in [6.07, 6.45) is 3.86. The molecule has 1 heterocycles. The Kier molecular flexibility index (Phi) is 6.08. The molecule has 0 saturated heterocycles. The Labute approximate surface area is 181 Å². The zero-order valence-electron chi connectivity index (χ0n) is 17.5. The van der Waals surface area contributed by atoms with Gasteiger partial charge in [-0.3, -0.25) is 9.36 Å². The lowest BCUT2D eigenvalue weighted by Crippen LogP contribution is -2.34. The zero-order chi connectivity index (χ0) is 21.1. The van der Waals surface area contributed by atoms with Crippen molar-refractivity contribution in [2.45, 2.75) is 44.4 Å². The number of amides is 1. The maximum atomic E-state index is 13.0. The van der Waals surface area contributed by atoms with Crippen LogP contribution in [-0.4, -0.2) is 44.5 Å². The van der Waals surface area contributed by atoms with Crippen LogP contribution in [0.15, 0.2) is 53.9 Å². The maximum absolute atomic E-state index is 13.0. The van der Waals surface area contributed by atoms with E-state index in [1.807, 2.05) is 33.7 Å². The summed E-state index contributed by atoms with van der Waals surface area (Å²) in [5, 5.41) is 9.05. The van der Waals surface area contributed by atoms with E-state index in [0.717, 1.165) is 40.6 Å². The number of aromatic nitrogens is 3. The molecular weight excluding hydrogens is 396 g/mol. The molecule has 0 aliphatic heterocycles. The zero-order valence-corrected chi connectivity index (χ0v) is 18.4. The molecule has 2 aromatic carbocycles. The Bertz CT molecular complexity index is 1030. The second-order valence-electron chi connectivity index (χ2n) is 7.66. The molecule has 1 aliphatic rings. The molecule has 7 heteroatoms. The number of aryl methyl sites for hydroxylation is 2. The summed E-state index contributed by atoms with van der Waals surface area (Å²) >= 11 is 1.44.